The van der Waals surface area contributed by atoms with Crippen LogP contribution in [0, 0.1) is 20.8 Å². The molecule has 0 fully saturated rings. The maximum absolute atomic E-state index is 5.03. The van der Waals surface area contributed by atoms with Gasteiger partial charge < -0.3 is 9.09 Å². The monoisotopic (exact) mass is 190 g/mol. The molecule has 0 saturated heterocycles. The topological polar surface area (TPSA) is 31.0 Å². The van der Waals surface area contributed by atoms with E-state index < -0.39 is 0 Å². The first-order valence-electron chi connectivity index (χ1n) is 4.72. The first-order valence-corrected chi connectivity index (χ1v) is 4.72. The van der Waals surface area contributed by atoms with Gasteiger partial charge in [0.2, 0.25) is 0 Å². The summed E-state index contributed by atoms with van der Waals surface area (Å²) in [4.78, 5) is 0. The van der Waals surface area contributed by atoms with Crippen LogP contribution in [-0.2, 0) is 6.54 Å². The van der Waals surface area contributed by atoms with Gasteiger partial charge in [0.1, 0.15) is 11.5 Å². The average Bonchev–Trinajstić information content (AvgIpc) is 2.67. The van der Waals surface area contributed by atoms with E-state index in [-0.39, 0.29) is 0 Å². The largest absolute Gasteiger partial charge is 0.361 e. The molecule has 3 heteroatoms. The van der Waals surface area contributed by atoms with Crippen LogP contribution in [0.2, 0.25) is 0 Å². The lowest BCUT2D eigenvalue weighted by Gasteiger charge is -2.05. The van der Waals surface area contributed by atoms with Gasteiger partial charge >= 0.3 is 0 Å². The van der Waals surface area contributed by atoms with Crippen molar-refractivity contribution < 1.29 is 4.52 Å². The van der Waals surface area contributed by atoms with Crippen LogP contribution in [0.5, 0.6) is 0 Å². The fourth-order valence-corrected chi connectivity index (χ4v) is 1.60. The van der Waals surface area contributed by atoms with Gasteiger partial charge in [-0.05, 0) is 32.9 Å². The van der Waals surface area contributed by atoms with Gasteiger partial charge in [-0.1, -0.05) is 5.16 Å². The predicted molar refractivity (Wildman–Crippen MR) is 54.2 cm³/mol. The molecule has 0 amide bonds. The minimum atomic E-state index is 0.794. The van der Waals surface area contributed by atoms with Gasteiger partial charge in [-0.2, -0.15) is 0 Å². The Hall–Kier alpha value is -1.51. The van der Waals surface area contributed by atoms with Crippen molar-refractivity contribution in [1.82, 2.24) is 9.72 Å². The molecule has 0 bridgehead atoms. The normalized spacial score (nSPS) is 10.8. The number of aryl methyl sites for hydroxylation is 3. The maximum atomic E-state index is 5.03. The van der Waals surface area contributed by atoms with Crippen molar-refractivity contribution >= 4 is 0 Å². The predicted octanol–water partition coefficient (Wildman–Crippen LogP) is 2.45. The molecular formula is C11H14N2O. The maximum Gasteiger partial charge on any atom is 0.133 e. The van der Waals surface area contributed by atoms with E-state index >= 15 is 0 Å². The van der Waals surface area contributed by atoms with Gasteiger partial charge in [0.05, 0.1) is 6.54 Å². The van der Waals surface area contributed by atoms with Crippen LogP contribution < -0.4 is 0 Å². The third kappa shape index (κ3) is 1.58. The van der Waals surface area contributed by atoms with Gasteiger partial charge in [0.25, 0.3) is 0 Å². The van der Waals surface area contributed by atoms with Crippen molar-refractivity contribution in [2.45, 2.75) is 27.3 Å². The Morgan fingerprint density at radius 3 is 2.36 bits per heavy atom. The quantitative estimate of drug-likeness (QED) is 0.728. The molecule has 0 radical (unpaired) electrons. The molecule has 74 valence electrons. The van der Waals surface area contributed by atoms with Gasteiger partial charge in [-0.3, -0.25) is 0 Å². The summed E-state index contributed by atoms with van der Waals surface area (Å²) in [7, 11) is 0. The van der Waals surface area contributed by atoms with Crippen molar-refractivity contribution in [2.75, 3.05) is 0 Å². The summed E-state index contributed by atoms with van der Waals surface area (Å²) in [6.45, 7) is 6.90. The third-order valence-electron chi connectivity index (χ3n) is 2.41. The Labute approximate surface area is 83.3 Å². The van der Waals surface area contributed by atoms with Crippen molar-refractivity contribution in [3.63, 3.8) is 0 Å². The lowest BCUT2D eigenvalue weighted by Crippen LogP contribution is -2.03. The summed E-state index contributed by atoms with van der Waals surface area (Å²) in [5.41, 5.74) is 3.48. The molecule has 0 N–H and O–H groups in total. The summed E-state index contributed by atoms with van der Waals surface area (Å²) in [5.74, 6) is 0.863. The van der Waals surface area contributed by atoms with Crippen LogP contribution >= 0.6 is 0 Å². The van der Waals surface area contributed by atoms with Crippen LogP contribution in [0.3, 0.4) is 0 Å². The molecule has 0 atom stereocenters. The summed E-state index contributed by atoms with van der Waals surface area (Å²) < 4.78 is 7.25. The van der Waals surface area contributed by atoms with Crippen molar-refractivity contribution in [3.8, 4) is 0 Å². The first kappa shape index (κ1) is 9.06. The molecule has 2 aromatic rings. The number of rotatable bonds is 2. The summed E-state index contributed by atoms with van der Waals surface area (Å²) in [6, 6.07) is 6.20. The Morgan fingerprint density at radius 1 is 1.21 bits per heavy atom. The highest BCUT2D eigenvalue weighted by Crippen LogP contribution is 2.11. The van der Waals surface area contributed by atoms with Crippen molar-refractivity contribution in [2.24, 2.45) is 0 Å². The van der Waals surface area contributed by atoms with Crippen LogP contribution in [0.1, 0.15) is 22.8 Å². The highest BCUT2D eigenvalue weighted by atomic mass is 16.5. The summed E-state index contributed by atoms with van der Waals surface area (Å²) >= 11 is 0. The minimum Gasteiger partial charge on any atom is -0.361 e. The molecule has 0 aliphatic rings. The number of aromatic nitrogens is 2. The molecule has 0 aliphatic carbocycles. The standard InChI is InChI=1S/C11H14N2O/c1-8-4-5-9(2)13(8)7-11-6-10(3)14-12-11/h4-6H,7H2,1-3H3. The van der Waals surface area contributed by atoms with E-state index in [1.807, 2.05) is 13.0 Å². The van der Waals surface area contributed by atoms with E-state index in [0.717, 1.165) is 18.0 Å². The van der Waals surface area contributed by atoms with E-state index in [4.69, 9.17) is 4.52 Å². The molecule has 2 aromatic heterocycles. The van der Waals surface area contributed by atoms with Crippen molar-refractivity contribution in [3.05, 3.63) is 41.0 Å². The van der Waals surface area contributed by atoms with Crippen LogP contribution in [0.25, 0.3) is 0 Å². The molecule has 0 aliphatic heterocycles. The van der Waals surface area contributed by atoms with Gasteiger partial charge in [0.15, 0.2) is 0 Å². The molecule has 0 spiro atoms. The van der Waals surface area contributed by atoms with E-state index in [1.165, 1.54) is 11.4 Å². The molecule has 0 unspecified atom stereocenters. The Kier molecular flexibility index (Phi) is 2.15. The average molecular weight is 190 g/mol. The lowest BCUT2D eigenvalue weighted by atomic mass is 10.3. The van der Waals surface area contributed by atoms with Gasteiger partial charge in [0, 0.05) is 17.5 Å². The Morgan fingerprint density at radius 2 is 1.86 bits per heavy atom. The first-order chi connectivity index (χ1) is 6.66. The highest BCUT2D eigenvalue weighted by molar-refractivity contribution is 5.16. The molecule has 0 saturated carbocycles. The van der Waals surface area contributed by atoms with Gasteiger partial charge in [-0.25, -0.2) is 0 Å². The van der Waals surface area contributed by atoms with E-state index in [0.29, 0.717) is 0 Å². The smallest absolute Gasteiger partial charge is 0.133 e. The molecule has 0 aromatic carbocycles. The zero-order chi connectivity index (χ0) is 10.1. The van der Waals surface area contributed by atoms with Gasteiger partial charge in [-0.15, -0.1) is 0 Å². The zero-order valence-electron chi connectivity index (χ0n) is 8.74. The number of nitrogens with zero attached hydrogens (tertiary/aromatic N) is 2. The second-order valence-electron chi connectivity index (χ2n) is 3.63. The zero-order valence-corrected chi connectivity index (χ0v) is 8.74. The SMILES string of the molecule is Cc1cc(Cn2c(C)ccc2C)no1. The van der Waals surface area contributed by atoms with Crippen LogP contribution in [0.4, 0.5) is 0 Å². The van der Waals surface area contributed by atoms with Crippen molar-refractivity contribution in [1.29, 1.82) is 0 Å². The molecule has 2 heterocycles. The Bertz CT molecular complexity index is 420. The fraction of sp³-hybridized carbons (Fsp3) is 0.364. The summed E-state index contributed by atoms with van der Waals surface area (Å²) in [6.07, 6.45) is 0. The summed E-state index contributed by atoms with van der Waals surface area (Å²) in [5, 5.41) is 3.98. The molecular weight excluding hydrogens is 176 g/mol. The molecule has 2 rings (SSSR count). The fourth-order valence-electron chi connectivity index (χ4n) is 1.60. The second kappa shape index (κ2) is 3.33. The van der Waals surface area contributed by atoms with Crippen LogP contribution in [-0.4, -0.2) is 9.72 Å². The third-order valence-corrected chi connectivity index (χ3v) is 2.41. The second-order valence-corrected chi connectivity index (χ2v) is 3.63. The lowest BCUT2D eigenvalue weighted by molar-refractivity contribution is 0.388. The van der Waals surface area contributed by atoms with E-state index in [1.54, 1.807) is 0 Å². The van der Waals surface area contributed by atoms with E-state index in [9.17, 15) is 0 Å². The Balaban J connectivity index is 2.26. The highest BCUT2D eigenvalue weighted by Gasteiger charge is 2.05. The van der Waals surface area contributed by atoms with E-state index in [2.05, 4.69) is 35.7 Å². The number of hydrogen-bond donors (Lipinski definition) is 0. The molecule has 3 nitrogen and oxygen atoms in total. The number of hydrogen-bond acceptors (Lipinski definition) is 2. The minimum absolute atomic E-state index is 0.794. The van der Waals surface area contributed by atoms with Crippen LogP contribution in [0.15, 0.2) is 22.7 Å². The molecule has 14 heavy (non-hydrogen) atoms.